The number of nitriles is 1. The van der Waals surface area contributed by atoms with Crippen LogP contribution in [0.2, 0.25) is 10.0 Å². The van der Waals surface area contributed by atoms with Crippen molar-refractivity contribution in [2.75, 3.05) is 13.1 Å². The smallest absolute Gasteiger partial charge is 0.345 e. The molecule has 1 fully saturated rings. The van der Waals surface area contributed by atoms with Gasteiger partial charge in [0.1, 0.15) is 11.6 Å². The molecule has 6 rings (SSSR count). The summed E-state index contributed by atoms with van der Waals surface area (Å²) in [6.45, 7) is 0.195. The minimum Gasteiger partial charge on any atom is -0.345 e. The number of nitrogens with zero attached hydrogens (tertiary/aromatic N) is 5. The second-order valence-electron chi connectivity index (χ2n) is 10.7. The van der Waals surface area contributed by atoms with Gasteiger partial charge in [-0.25, -0.2) is 4.79 Å². The molecule has 1 N–H and O–H groups in total. The van der Waals surface area contributed by atoms with Crippen molar-refractivity contribution in [1.82, 2.24) is 24.0 Å². The highest BCUT2D eigenvalue weighted by Gasteiger charge is 2.33. The van der Waals surface area contributed by atoms with Crippen molar-refractivity contribution in [1.29, 1.82) is 5.26 Å². The summed E-state index contributed by atoms with van der Waals surface area (Å²) in [5.41, 5.74) is 0.606. The number of hydrogen-bond donors (Lipinski definition) is 1. The lowest BCUT2D eigenvalue weighted by molar-refractivity contribution is -0.141. The highest BCUT2D eigenvalue weighted by Crippen LogP contribution is 2.40. The number of nitrogens with one attached hydrogen (secondary N) is 1. The number of fused-ring (bicyclic) bond motifs is 2. The molecule has 0 aliphatic carbocycles. The topological polar surface area (TPSA) is 97.6 Å². The van der Waals surface area contributed by atoms with Crippen LogP contribution in [0.4, 0.5) is 13.2 Å². The number of alkyl halides is 3. The number of rotatable bonds is 6. The summed E-state index contributed by atoms with van der Waals surface area (Å²) in [7, 11) is 0. The quantitative estimate of drug-likeness (QED) is 0.242. The number of piperidine rings is 1. The molecule has 1 aliphatic heterocycles. The van der Waals surface area contributed by atoms with Crippen molar-refractivity contribution >= 4 is 55.7 Å². The van der Waals surface area contributed by atoms with E-state index < -0.39 is 34.4 Å². The van der Waals surface area contributed by atoms with Crippen molar-refractivity contribution in [2.45, 2.75) is 38.7 Å². The zero-order valence-electron chi connectivity index (χ0n) is 22.4. The van der Waals surface area contributed by atoms with Crippen LogP contribution in [-0.2, 0) is 19.6 Å². The van der Waals surface area contributed by atoms with Crippen molar-refractivity contribution in [3.8, 4) is 17.2 Å². The summed E-state index contributed by atoms with van der Waals surface area (Å²) in [5.74, 6) is 0. The van der Waals surface area contributed by atoms with E-state index in [4.69, 9.17) is 23.2 Å². The number of thiophene rings is 1. The fraction of sp³-hybridized carbons (Fsp3) is 0.310. The first-order valence-corrected chi connectivity index (χ1v) is 14.9. The normalized spacial score (nSPS) is 15.3. The lowest BCUT2D eigenvalue weighted by atomic mass is 9.80. The molecule has 1 aliphatic rings. The van der Waals surface area contributed by atoms with E-state index in [2.05, 4.69) is 20.9 Å². The molecular formula is C29H23Cl2F3N6O2S. The van der Waals surface area contributed by atoms with Crippen LogP contribution in [-0.4, -0.2) is 38.0 Å². The van der Waals surface area contributed by atoms with Crippen LogP contribution in [0.5, 0.6) is 0 Å². The first-order chi connectivity index (χ1) is 20.5. The fourth-order valence-electron chi connectivity index (χ4n) is 5.68. The number of aromatic nitrogens is 4. The Kier molecular flexibility index (Phi) is 7.62. The van der Waals surface area contributed by atoms with E-state index in [0.717, 1.165) is 52.7 Å². The fourth-order valence-corrected chi connectivity index (χ4v) is 7.26. The highest BCUT2D eigenvalue weighted by molar-refractivity contribution is 7.19. The summed E-state index contributed by atoms with van der Waals surface area (Å²) in [6, 6.07) is 11.8. The molecular weight excluding hydrogens is 624 g/mol. The molecule has 1 saturated heterocycles. The first-order valence-electron chi connectivity index (χ1n) is 13.3. The van der Waals surface area contributed by atoms with Gasteiger partial charge in [-0.3, -0.25) is 18.9 Å². The molecule has 0 atom stereocenters. The van der Waals surface area contributed by atoms with Crippen molar-refractivity contribution in [3.63, 3.8) is 0 Å². The SMILES string of the molecule is N#CC1(Cn2ccc3cc(Cl)cc(-c4ccnc5cc(Cn6c(=O)c(Cl)cn(CC(F)(F)F)c6=O)sc45)c32)CCNCC1. The Balaban J connectivity index is 1.45. The average Bonchev–Trinajstić information content (AvgIpc) is 3.56. The van der Waals surface area contributed by atoms with E-state index in [-0.39, 0.29) is 6.54 Å². The van der Waals surface area contributed by atoms with E-state index >= 15 is 0 Å². The molecule has 14 heteroatoms. The van der Waals surface area contributed by atoms with Crippen molar-refractivity contribution in [2.24, 2.45) is 5.41 Å². The minimum atomic E-state index is -4.67. The molecule has 0 spiro atoms. The first kappa shape index (κ1) is 29.4. The van der Waals surface area contributed by atoms with Gasteiger partial charge < -0.3 is 9.88 Å². The zero-order chi connectivity index (χ0) is 30.5. The molecule has 0 bridgehead atoms. The Bertz CT molecular complexity index is 2030. The predicted octanol–water partition coefficient (Wildman–Crippen LogP) is 6.05. The van der Waals surface area contributed by atoms with E-state index in [0.29, 0.717) is 37.3 Å². The van der Waals surface area contributed by atoms with Gasteiger partial charge in [-0.15, -0.1) is 11.3 Å². The van der Waals surface area contributed by atoms with Gasteiger partial charge in [0, 0.05) is 51.5 Å². The maximum Gasteiger partial charge on any atom is 0.406 e. The maximum atomic E-state index is 13.0. The summed E-state index contributed by atoms with van der Waals surface area (Å²) < 4.78 is 43.1. The summed E-state index contributed by atoms with van der Waals surface area (Å²) in [5, 5.41) is 14.4. The Morgan fingerprint density at radius 3 is 2.58 bits per heavy atom. The number of halogens is 5. The second kappa shape index (κ2) is 11.1. The monoisotopic (exact) mass is 646 g/mol. The summed E-state index contributed by atoms with van der Waals surface area (Å²) in [6.07, 6.45) is 1.09. The molecule has 5 aromatic rings. The number of benzene rings is 1. The van der Waals surface area contributed by atoms with E-state index in [1.54, 1.807) is 12.3 Å². The van der Waals surface area contributed by atoms with Crippen LogP contribution in [0, 0.1) is 16.7 Å². The van der Waals surface area contributed by atoms with Gasteiger partial charge in [-0.2, -0.15) is 18.4 Å². The second-order valence-corrected chi connectivity index (χ2v) is 12.6. The van der Waals surface area contributed by atoms with Crippen LogP contribution in [0.3, 0.4) is 0 Å². The van der Waals surface area contributed by atoms with Crippen LogP contribution in [0.15, 0.2) is 58.5 Å². The van der Waals surface area contributed by atoms with Crippen LogP contribution < -0.4 is 16.6 Å². The maximum absolute atomic E-state index is 13.0. The van der Waals surface area contributed by atoms with Gasteiger partial charge in [0.2, 0.25) is 0 Å². The average molecular weight is 648 g/mol. The van der Waals surface area contributed by atoms with Gasteiger partial charge >= 0.3 is 11.9 Å². The molecule has 0 radical (unpaired) electrons. The van der Waals surface area contributed by atoms with Gasteiger partial charge in [0.05, 0.1) is 33.8 Å². The van der Waals surface area contributed by atoms with Gasteiger partial charge in [0.15, 0.2) is 0 Å². The predicted molar refractivity (Wildman–Crippen MR) is 161 cm³/mol. The van der Waals surface area contributed by atoms with E-state index in [1.165, 1.54) is 11.3 Å². The third-order valence-corrected chi connectivity index (χ3v) is 9.33. The lowest BCUT2D eigenvalue weighted by Gasteiger charge is -2.32. The molecule has 1 aromatic carbocycles. The number of pyridine rings is 1. The summed E-state index contributed by atoms with van der Waals surface area (Å²) >= 11 is 13.7. The highest BCUT2D eigenvalue weighted by atomic mass is 35.5. The minimum absolute atomic E-state index is 0.281. The molecule has 0 unspecified atom stereocenters. The molecule has 43 heavy (non-hydrogen) atoms. The molecule has 222 valence electrons. The van der Waals surface area contributed by atoms with Crippen LogP contribution >= 0.6 is 34.5 Å². The Labute approximate surface area is 256 Å². The van der Waals surface area contributed by atoms with E-state index in [1.807, 2.05) is 30.5 Å². The third-order valence-electron chi connectivity index (χ3n) is 7.71. The van der Waals surface area contributed by atoms with Gasteiger partial charge in [-0.05, 0) is 56.3 Å². The van der Waals surface area contributed by atoms with Crippen LogP contribution in [0.1, 0.15) is 17.7 Å². The van der Waals surface area contributed by atoms with E-state index in [9.17, 15) is 28.0 Å². The Morgan fingerprint density at radius 2 is 1.86 bits per heavy atom. The third kappa shape index (κ3) is 5.70. The van der Waals surface area contributed by atoms with Crippen molar-refractivity contribution < 1.29 is 13.2 Å². The standard InChI is InChI=1S/C29H23Cl2F3N6O2S/c30-18-9-17-2-8-38(15-28(14-35)3-6-36-7-4-28)24(17)21(10-18)20-1-5-37-23-11-19(43-25(20)23)12-40-26(41)22(31)13-39(27(40)42)16-29(32,33)34/h1-2,5,8-11,13,36H,3-4,6-7,12,15-16H2. The van der Waals surface area contributed by atoms with Gasteiger partial charge in [-0.1, -0.05) is 23.2 Å². The summed E-state index contributed by atoms with van der Waals surface area (Å²) in [4.78, 5) is 30.5. The molecule has 5 heterocycles. The Morgan fingerprint density at radius 1 is 1.09 bits per heavy atom. The van der Waals surface area contributed by atoms with Crippen LogP contribution in [0.25, 0.3) is 32.2 Å². The number of hydrogen-bond acceptors (Lipinski definition) is 6. The lowest BCUT2D eigenvalue weighted by Crippen LogP contribution is -2.41. The molecule has 4 aromatic heterocycles. The molecule has 8 nitrogen and oxygen atoms in total. The zero-order valence-corrected chi connectivity index (χ0v) is 24.7. The Hall–Kier alpha value is -3.63. The molecule has 0 saturated carbocycles. The van der Waals surface area contributed by atoms with Crippen molar-refractivity contribution in [3.05, 3.63) is 84.7 Å². The largest absolute Gasteiger partial charge is 0.406 e. The molecule has 0 amide bonds. The van der Waals surface area contributed by atoms with Gasteiger partial charge in [0.25, 0.3) is 5.56 Å².